The first-order valence-electron chi connectivity index (χ1n) is 6.39. The first kappa shape index (κ1) is 12.8. The molecule has 0 aliphatic heterocycles. The van der Waals surface area contributed by atoms with Crippen molar-refractivity contribution in [2.75, 3.05) is 11.9 Å². The predicted molar refractivity (Wildman–Crippen MR) is 69.0 cm³/mol. The number of aromatic carboxylic acids is 1. The molecule has 1 aromatic heterocycles. The summed E-state index contributed by atoms with van der Waals surface area (Å²) >= 11 is 0. The van der Waals surface area contributed by atoms with Gasteiger partial charge in [-0.05, 0) is 19.8 Å². The van der Waals surface area contributed by atoms with Crippen molar-refractivity contribution in [1.82, 2.24) is 9.97 Å². The summed E-state index contributed by atoms with van der Waals surface area (Å²) in [6.45, 7) is 1.78. The Balaban J connectivity index is 2.30. The van der Waals surface area contributed by atoms with E-state index >= 15 is 0 Å². The third-order valence-corrected chi connectivity index (χ3v) is 3.58. The van der Waals surface area contributed by atoms with Crippen molar-refractivity contribution in [3.05, 3.63) is 17.6 Å². The van der Waals surface area contributed by atoms with Gasteiger partial charge < -0.3 is 10.0 Å². The molecular weight excluding hydrogens is 230 g/mol. The second-order valence-electron chi connectivity index (χ2n) is 4.86. The maximum absolute atomic E-state index is 11.2. The summed E-state index contributed by atoms with van der Waals surface area (Å²) in [5.41, 5.74) is 0.189. The number of carboxylic acid groups (broad SMARTS) is 1. The third kappa shape index (κ3) is 2.60. The lowest BCUT2D eigenvalue weighted by Gasteiger charge is -2.32. The minimum Gasteiger partial charge on any atom is -0.477 e. The third-order valence-electron chi connectivity index (χ3n) is 3.58. The molecule has 1 heterocycles. The zero-order valence-electron chi connectivity index (χ0n) is 10.9. The summed E-state index contributed by atoms with van der Waals surface area (Å²) in [5, 5.41) is 9.20. The molecule has 1 saturated carbocycles. The van der Waals surface area contributed by atoms with Crippen LogP contribution in [0.1, 0.15) is 48.3 Å². The molecule has 1 fully saturated rings. The van der Waals surface area contributed by atoms with Gasteiger partial charge >= 0.3 is 5.97 Å². The van der Waals surface area contributed by atoms with E-state index < -0.39 is 5.97 Å². The van der Waals surface area contributed by atoms with Crippen molar-refractivity contribution in [3.63, 3.8) is 0 Å². The van der Waals surface area contributed by atoms with Crippen molar-refractivity contribution < 1.29 is 9.90 Å². The molecule has 1 aliphatic carbocycles. The standard InChI is InChI=1S/C13H19N3O2/c1-9-14-8-11(13(17)18)12(15-9)16(2)10-6-4-3-5-7-10/h8,10H,3-7H2,1-2H3,(H,17,18). The van der Waals surface area contributed by atoms with E-state index in [1.807, 2.05) is 11.9 Å². The fraction of sp³-hybridized carbons (Fsp3) is 0.615. The van der Waals surface area contributed by atoms with E-state index in [4.69, 9.17) is 0 Å². The smallest absolute Gasteiger partial charge is 0.341 e. The second kappa shape index (κ2) is 5.33. The van der Waals surface area contributed by atoms with Gasteiger partial charge in [0.1, 0.15) is 17.2 Å². The van der Waals surface area contributed by atoms with Gasteiger partial charge in [0.25, 0.3) is 0 Å². The number of hydrogen-bond donors (Lipinski definition) is 1. The Morgan fingerprint density at radius 1 is 1.39 bits per heavy atom. The van der Waals surface area contributed by atoms with Crippen LogP contribution in [0.3, 0.4) is 0 Å². The summed E-state index contributed by atoms with van der Waals surface area (Å²) in [7, 11) is 1.93. The molecule has 5 heteroatoms. The van der Waals surface area contributed by atoms with Crippen LogP contribution in [-0.2, 0) is 0 Å². The molecule has 0 spiro atoms. The Labute approximate surface area is 107 Å². The normalized spacial score (nSPS) is 16.6. The van der Waals surface area contributed by atoms with Gasteiger partial charge in [0.15, 0.2) is 0 Å². The molecule has 18 heavy (non-hydrogen) atoms. The van der Waals surface area contributed by atoms with Gasteiger partial charge in [0.2, 0.25) is 0 Å². The molecule has 0 bridgehead atoms. The van der Waals surface area contributed by atoms with Gasteiger partial charge in [0, 0.05) is 19.3 Å². The maximum Gasteiger partial charge on any atom is 0.341 e. The molecule has 0 aromatic carbocycles. The summed E-state index contributed by atoms with van der Waals surface area (Å²) in [6, 6.07) is 0.395. The molecule has 0 amide bonds. The van der Waals surface area contributed by atoms with E-state index in [9.17, 15) is 9.90 Å². The average Bonchev–Trinajstić information content (AvgIpc) is 2.38. The largest absolute Gasteiger partial charge is 0.477 e. The Morgan fingerprint density at radius 2 is 2.06 bits per heavy atom. The minimum absolute atomic E-state index is 0.189. The van der Waals surface area contributed by atoms with E-state index in [2.05, 4.69) is 9.97 Å². The molecule has 0 atom stereocenters. The molecular formula is C13H19N3O2. The maximum atomic E-state index is 11.2. The summed E-state index contributed by atoms with van der Waals surface area (Å²) in [5.74, 6) is 0.187. The molecule has 5 nitrogen and oxygen atoms in total. The lowest BCUT2D eigenvalue weighted by molar-refractivity contribution is 0.0696. The van der Waals surface area contributed by atoms with Gasteiger partial charge in [-0.1, -0.05) is 19.3 Å². The van der Waals surface area contributed by atoms with Crippen molar-refractivity contribution >= 4 is 11.8 Å². The number of nitrogens with zero attached hydrogens (tertiary/aromatic N) is 3. The van der Waals surface area contributed by atoms with E-state index in [0.717, 1.165) is 12.8 Å². The molecule has 0 saturated heterocycles. The van der Waals surface area contributed by atoms with Crippen LogP contribution in [0.4, 0.5) is 5.82 Å². The Bertz CT molecular complexity index is 442. The van der Waals surface area contributed by atoms with Crippen molar-refractivity contribution in [1.29, 1.82) is 0 Å². The fourth-order valence-electron chi connectivity index (χ4n) is 2.52. The van der Waals surface area contributed by atoms with Crippen LogP contribution in [0, 0.1) is 6.92 Å². The lowest BCUT2D eigenvalue weighted by Crippen LogP contribution is -2.35. The summed E-state index contributed by atoms with van der Waals surface area (Å²) in [6.07, 6.45) is 7.32. The monoisotopic (exact) mass is 249 g/mol. The van der Waals surface area contributed by atoms with Crippen molar-refractivity contribution in [2.24, 2.45) is 0 Å². The zero-order valence-corrected chi connectivity index (χ0v) is 10.9. The average molecular weight is 249 g/mol. The highest BCUT2D eigenvalue weighted by molar-refractivity contribution is 5.92. The highest BCUT2D eigenvalue weighted by Crippen LogP contribution is 2.26. The lowest BCUT2D eigenvalue weighted by atomic mass is 9.94. The molecule has 1 aromatic rings. The van der Waals surface area contributed by atoms with Gasteiger partial charge in [-0.15, -0.1) is 0 Å². The van der Waals surface area contributed by atoms with E-state index in [1.54, 1.807) is 6.92 Å². The van der Waals surface area contributed by atoms with E-state index in [1.165, 1.54) is 25.5 Å². The predicted octanol–water partition coefficient (Wildman–Crippen LogP) is 2.25. The first-order chi connectivity index (χ1) is 8.59. The van der Waals surface area contributed by atoms with Crippen LogP contribution in [-0.4, -0.2) is 34.1 Å². The molecule has 1 aliphatic rings. The molecule has 2 rings (SSSR count). The van der Waals surface area contributed by atoms with Crippen LogP contribution in [0.15, 0.2) is 6.20 Å². The highest BCUT2D eigenvalue weighted by atomic mass is 16.4. The minimum atomic E-state index is -0.965. The second-order valence-corrected chi connectivity index (χ2v) is 4.86. The van der Waals surface area contributed by atoms with E-state index in [0.29, 0.717) is 17.7 Å². The quantitative estimate of drug-likeness (QED) is 0.890. The number of hydrogen-bond acceptors (Lipinski definition) is 4. The van der Waals surface area contributed by atoms with Crippen LogP contribution < -0.4 is 4.90 Å². The molecule has 0 unspecified atom stereocenters. The number of carboxylic acids is 1. The highest BCUT2D eigenvalue weighted by Gasteiger charge is 2.23. The Hall–Kier alpha value is -1.65. The number of aryl methyl sites for hydroxylation is 1. The number of rotatable bonds is 3. The number of carbonyl (C=O) groups is 1. The SMILES string of the molecule is Cc1ncc(C(=O)O)c(N(C)C2CCCCC2)n1. The van der Waals surface area contributed by atoms with Crippen LogP contribution in [0.5, 0.6) is 0 Å². The van der Waals surface area contributed by atoms with Crippen LogP contribution >= 0.6 is 0 Å². The Morgan fingerprint density at radius 3 is 2.67 bits per heavy atom. The van der Waals surface area contributed by atoms with Gasteiger partial charge in [-0.2, -0.15) is 0 Å². The first-order valence-corrected chi connectivity index (χ1v) is 6.39. The fourth-order valence-corrected chi connectivity index (χ4v) is 2.52. The number of aromatic nitrogens is 2. The molecule has 98 valence electrons. The van der Waals surface area contributed by atoms with Crippen molar-refractivity contribution in [3.8, 4) is 0 Å². The summed E-state index contributed by atoms with van der Waals surface area (Å²) in [4.78, 5) is 21.5. The zero-order chi connectivity index (χ0) is 13.1. The molecule has 1 N–H and O–H groups in total. The van der Waals surface area contributed by atoms with Gasteiger partial charge in [-0.25, -0.2) is 14.8 Å². The summed E-state index contributed by atoms with van der Waals surface area (Å²) < 4.78 is 0. The van der Waals surface area contributed by atoms with Gasteiger partial charge in [-0.3, -0.25) is 0 Å². The van der Waals surface area contributed by atoms with Crippen LogP contribution in [0.25, 0.3) is 0 Å². The van der Waals surface area contributed by atoms with Crippen LogP contribution in [0.2, 0.25) is 0 Å². The van der Waals surface area contributed by atoms with Gasteiger partial charge in [0.05, 0.1) is 0 Å². The number of anilines is 1. The Kier molecular flexibility index (Phi) is 3.79. The van der Waals surface area contributed by atoms with Crippen molar-refractivity contribution in [2.45, 2.75) is 45.1 Å². The molecule has 0 radical (unpaired) electrons. The van der Waals surface area contributed by atoms with E-state index in [-0.39, 0.29) is 5.56 Å². The topological polar surface area (TPSA) is 66.3 Å².